The molecule has 3 aromatic rings. The Balaban J connectivity index is 1.51. The molecule has 0 spiro atoms. The van der Waals surface area contributed by atoms with Crippen molar-refractivity contribution in [2.75, 3.05) is 0 Å². The molecule has 0 N–H and O–H groups in total. The van der Waals surface area contributed by atoms with E-state index in [-0.39, 0.29) is 5.78 Å². The number of Topliss-reactive ketones (excluding diaryl/α,β-unsaturated/α-hetero) is 1. The van der Waals surface area contributed by atoms with Crippen molar-refractivity contribution < 1.29 is 14.3 Å². The summed E-state index contributed by atoms with van der Waals surface area (Å²) in [4.78, 5) is 12.6. The van der Waals surface area contributed by atoms with Gasteiger partial charge in [0.05, 0.1) is 15.6 Å². The number of aryl methyl sites for hydroxylation is 1. The van der Waals surface area contributed by atoms with E-state index in [9.17, 15) is 4.79 Å². The zero-order valence-electron chi connectivity index (χ0n) is 15.0. The van der Waals surface area contributed by atoms with Crippen LogP contribution in [0.5, 0.6) is 11.5 Å². The number of hydrogen-bond acceptors (Lipinski definition) is 3. The molecule has 0 atom stereocenters. The summed E-state index contributed by atoms with van der Waals surface area (Å²) < 4.78 is 11.6. The van der Waals surface area contributed by atoms with E-state index in [1.165, 1.54) is 0 Å². The van der Waals surface area contributed by atoms with E-state index in [0.717, 1.165) is 16.7 Å². The molecule has 0 fully saturated rings. The molecule has 0 radical (unpaired) electrons. The number of carbonyl (C=O) groups excluding carboxylic acids is 1. The minimum Gasteiger partial charge on any atom is -0.489 e. The highest BCUT2D eigenvalue weighted by Gasteiger charge is 2.27. The molecule has 0 amide bonds. The third kappa shape index (κ3) is 3.91. The van der Waals surface area contributed by atoms with Crippen molar-refractivity contribution in [3.63, 3.8) is 0 Å². The maximum Gasteiger partial charge on any atom is 0.231 e. The second kappa shape index (κ2) is 7.70. The lowest BCUT2D eigenvalue weighted by atomic mass is 10.1. The number of ketones is 1. The highest BCUT2D eigenvalue weighted by Crippen LogP contribution is 2.35. The first-order chi connectivity index (χ1) is 13.5. The van der Waals surface area contributed by atoms with Crippen molar-refractivity contribution >= 4 is 35.1 Å². The van der Waals surface area contributed by atoms with Gasteiger partial charge in [0, 0.05) is 6.07 Å². The summed E-state index contributed by atoms with van der Waals surface area (Å²) in [6, 6.07) is 18.4. The van der Waals surface area contributed by atoms with Gasteiger partial charge in [-0.2, -0.15) is 0 Å². The Hall–Kier alpha value is -2.75. The van der Waals surface area contributed by atoms with Gasteiger partial charge in [-0.3, -0.25) is 4.79 Å². The Bertz CT molecular complexity index is 1100. The molecule has 0 bridgehead atoms. The van der Waals surface area contributed by atoms with Crippen molar-refractivity contribution in [1.29, 1.82) is 0 Å². The molecule has 0 saturated carbocycles. The first-order valence-corrected chi connectivity index (χ1v) is 9.47. The fraction of sp³-hybridized carbons (Fsp3) is 0.0870. The molecule has 1 aliphatic rings. The molecular formula is C23H16Cl2O3. The predicted octanol–water partition coefficient (Wildman–Crippen LogP) is 6.50. The molecule has 28 heavy (non-hydrogen) atoms. The number of ether oxygens (including phenoxy) is 2. The zero-order chi connectivity index (χ0) is 19.7. The van der Waals surface area contributed by atoms with E-state index in [0.29, 0.717) is 39.5 Å². The van der Waals surface area contributed by atoms with E-state index in [2.05, 4.69) is 0 Å². The largest absolute Gasteiger partial charge is 0.489 e. The summed E-state index contributed by atoms with van der Waals surface area (Å²) in [7, 11) is 0. The number of halogens is 2. The lowest BCUT2D eigenvalue weighted by molar-refractivity contribution is 0.101. The van der Waals surface area contributed by atoms with Crippen LogP contribution in [0.15, 0.2) is 66.4 Å². The van der Waals surface area contributed by atoms with E-state index in [1.54, 1.807) is 36.4 Å². The molecule has 1 heterocycles. The van der Waals surface area contributed by atoms with Crippen molar-refractivity contribution in [3.05, 3.63) is 98.7 Å². The summed E-state index contributed by atoms with van der Waals surface area (Å²) in [6.45, 7) is 2.33. The first kappa shape index (κ1) is 18.6. The standard InChI is InChI=1S/C23H16Cl2O3/c1-14-3-2-4-15(9-14)11-22-23(26)18-7-6-17(12-21(18)28-22)27-13-16-5-8-19(24)20(25)10-16/h2-12H,13H2,1H3/b22-11-. The first-order valence-electron chi connectivity index (χ1n) is 8.71. The van der Waals surface area contributed by atoms with Gasteiger partial charge in [0.2, 0.25) is 5.78 Å². The summed E-state index contributed by atoms with van der Waals surface area (Å²) in [5.74, 6) is 1.28. The van der Waals surface area contributed by atoms with Gasteiger partial charge in [0.1, 0.15) is 18.1 Å². The van der Waals surface area contributed by atoms with Crippen LogP contribution in [0.4, 0.5) is 0 Å². The minimum atomic E-state index is -0.132. The molecule has 0 aromatic heterocycles. The van der Waals surface area contributed by atoms with Crippen molar-refractivity contribution in [3.8, 4) is 11.5 Å². The van der Waals surface area contributed by atoms with Gasteiger partial charge in [-0.05, 0) is 48.4 Å². The van der Waals surface area contributed by atoms with Gasteiger partial charge >= 0.3 is 0 Å². The lowest BCUT2D eigenvalue weighted by Gasteiger charge is -2.08. The molecule has 5 heteroatoms. The quantitative estimate of drug-likeness (QED) is 0.460. The van der Waals surface area contributed by atoms with Gasteiger partial charge in [0.25, 0.3) is 0 Å². The highest BCUT2D eigenvalue weighted by atomic mass is 35.5. The van der Waals surface area contributed by atoms with Crippen LogP contribution >= 0.6 is 23.2 Å². The average Bonchev–Trinajstić information content (AvgIpc) is 2.98. The Labute approximate surface area is 173 Å². The number of fused-ring (bicyclic) bond motifs is 1. The fourth-order valence-corrected chi connectivity index (χ4v) is 3.29. The number of allylic oxidation sites excluding steroid dienone is 1. The molecule has 3 nitrogen and oxygen atoms in total. The van der Waals surface area contributed by atoms with Gasteiger partial charge in [-0.1, -0.05) is 59.1 Å². The lowest BCUT2D eigenvalue weighted by Crippen LogP contribution is -1.98. The van der Waals surface area contributed by atoms with Crippen molar-refractivity contribution in [2.45, 2.75) is 13.5 Å². The van der Waals surface area contributed by atoms with Crippen LogP contribution in [0.1, 0.15) is 27.0 Å². The van der Waals surface area contributed by atoms with Gasteiger partial charge in [-0.15, -0.1) is 0 Å². The molecule has 3 aromatic carbocycles. The molecule has 1 aliphatic heterocycles. The number of benzene rings is 3. The van der Waals surface area contributed by atoms with Crippen LogP contribution in [0.3, 0.4) is 0 Å². The topological polar surface area (TPSA) is 35.5 Å². The maximum atomic E-state index is 12.6. The Kier molecular flexibility index (Phi) is 5.12. The van der Waals surface area contributed by atoms with Gasteiger partial charge in [0.15, 0.2) is 5.76 Å². The highest BCUT2D eigenvalue weighted by molar-refractivity contribution is 6.42. The van der Waals surface area contributed by atoms with E-state index in [4.69, 9.17) is 32.7 Å². The molecular weight excluding hydrogens is 395 g/mol. The van der Waals surface area contributed by atoms with Gasteiger partial charge in [-0.25, -0.2) is 0 Å². The molecule has 4 rings (SSSR count). The third-order valence-electron chi connectivity index (χ3n) is 4.37. The predicted molar refractivity (Wildman–Crippen MR) is 111 cm³/mol. The Morgan fingerprint density at radius 3 is 2.64 bits per heavy atom. The Morgan fingerprint density at radius 2 is 1.86 bits per heavy atom. The normalized spacial score (nSPS) is 14.1. The molecule has 0 saturated heterocycles. The summed E-state index contributed by atoms with van der Waals surface area (Å²) in [5, 5.41) is 0.986. The molecule has 140 valence electrons. The van der Waals surface area contributed by atoms with E-state index < -0.39 is 0 Å². The van der Waals surface area contributed by atoms with E-state index in [1.807, 2.05) is 37.3 Å². The van der Waals surface area contributed by atoms with Crippen LogP contribution in [0, 0.1) is 6.92 Å². The number of hydrogen-bond donors (Lipinski definition) is 0. The number of carbonyl (C=O) groups is 1. The van der Waals surface area contributed by atoms with Gasteiger partial charge < -0.3 is 9.47 Å². The van der Waals surface area contributed by atoms with Crippen molar-refractivity contribution in [2.24, 2.45) is 0 Å². The molecule has 0 unspecified atom stereocenters. The maximum absolute atomic E-state index is 12.6. The second-order valence-corrected chi connectivity index (χ2v) is 7.36. The van der Waals surface area contributed by atoms with Crippen LogP contribution < -0.4 is 9.47 Å². The summed E-state index contributed by atoms with van der Waals surface area (Å²) in [6.07, 6.45) is 1.76. The summed E-state index contributed by atoms with van der Waals surface area (Å²) in [5.41, 5.74) is 3.47. The zero-order valence-corrected chi connectivity index (χ0v) is 16.6. The van der Waals surface area contributed by atoms with Crippen LogP contribution in [0.25, 0.3) is 6.08 Å². The number of rotatable bonds is 4. The summed E-state index contributed by atoms with van der Waals surface area (Å²) >= 11 is 12.0. The van der Waals surface area contributed by atoms with Crippen molar-refractivity contribution in [1.82, 2.24) is 0 Å². The fourth-order valence-electron chi connectivity index (χ4n) is 2.96. The van der Waals surface area contributed by atoms with E-state index >= 15 is 0 Å². The monoisotopic (exact) mass is 410 g/mol. The minimum absolute atomic E-state index is 0.132. The van der Waals surface area contributed by atoms with Crippen LogP contribution in [0.2, 0.25) is 10.0 Å². The SMILES string of the molecule is Cc1cccc(/C=C2\Oc3cc(OCc4ccc(Cl)c(Cl)c4)ccc3C2=O)c1. The average molecular weight is 411 g/mol. The third-order valence-corrected chi connectivity index (χ3v) is 5.11. The second-order valence-electron chi connectivity index (χ2n) is 6.55. The molecule has 0 aliphatic carbocycles. The Morgan fingerprint density at radius 1 is 1.00 bits per heavy atom. The van der Waals surface area contributed by atoms with Crippen LogP contribution in [-0.2, 0) is 6.61 Å². The van der Waals surface area contributed by atoms with Crippen LogP contribution in [-0.4, -0.2) is 5.78 Å². The smallest absolute Gasteiger partial charge is 0.231 e.